The van der Waals surface area contributed by atoms with Gasteiger partial charge in [0, 0.05) is 10.7 Å². The number of rotatable bonds is 5. The third kappa shape index (κ3) is 4.63. The molecule has 0 fully saturated rings. The maximum Gasteiger partial charge on any atom is 0.238 e. The molecule has 110 valence electrons. The quantitative estimate of drug-likeness (QED) is 0.875. The first-order chi connectivity index (χ1) is 10.1. The van der Waals surface area contributed by atoms with Gasteiger partial charge < -0.3 is 15.4 Å². The molecule has 0 aliphatic rings. The monoisotopic (exact) mass is 324 g/mol. The second-order valence-electron chi connectivity index (χ2n) is 4.28. The Morgan fingerprint density at radius 3 is 2.67 bits per heavy atom. The zero-order valence-corrected chi connectivity index (χ0v) is 12.8. The summed E-state index contributed by atoms with van der Waals surface area (Å²) in [5, 5.41) is 6.47. The molecule has 1 amide bonds. The fourth-order valence-corrected chi connectivity index (χ4v) is 2.08. The maximum absolute atomic E-state index is 11.5. The summed E-state index contributed by atoms with van der Waals surface area (Å²) in [7, 11) is 1.70. The maximum atomic E-state index is 11.5. The lowest BCUT2D eigenvalue weighted by molar-refractivity contribution is -0.115. The predicted octanol–water partition coefficient (Wildman–Crippen LogP) is 3.94. The van der Waals surface area contributed by atoms with Crippen LogP contribution < -0.4 is 15.4 Å². The van der Waals surface area contributed by atoms with Crippen molar-refractivity contribution in [2.75, 3.05) is 18.9 Å². The van der Waals surface area contributed by atoms with Gasteiger partial charge in [0.2, 0.25) is 5.91 Å². The highest BCUT2D eigenvalue weighted by Gasteiger charge is 2.07. The molecule has 0 aromatic heterocycles. The lowest BCUT2D eigenvalue weighted by Crippen LogP contribution is -2.24. The van der Waals surface area contributed by atoms with Crippen molar-refractivity contribution in [1.82, 2.24) is 5.32 Å². The first kappa shape index (κ1) is 15.6. The van der Waals surface area contributed by atoms with E-state index in [1.54, 1.807) is 49.5 Å². The lowest BCUT2D eigenvalue weighted by Gasteiger charge is -2.10. The minimum Gasteiger partial charge on any atom is -0.456 e. The average molecular weight is 325 g/mol. The molecule has 0 unspecified atom stereocenters. The standard InChI is InChI=1S/C15H14Cl2N2O2/c1-18-9-15(20)19-11-5-6-14(13(17)8-11)21-12-4-2-3-10(16)7-12/h2-8,18H,9H2,1H3,(H,19,20). The molecule has 0 bridgehead atoms. The number of hydrogen-bond acceptors (Lipinski definition) is 3. The molecule has 0 saturated carbocycles. The van der Waals surface area contributed by atoms with E-state index >= 15 is 0 Å². The number of ether oxygens (including phenoxy) is 1. The van der Waals surface area contributed by atoms with Gasteiger partial charge in [0.25, 0.3) is 0 Å². The van der Waals surface area contributed by atoms with Crippen molar-refractivity contribution in [3.05, 3.63) is 52.5 Å². The van der Waals surface area contributed by atoms with E-state index in [9.17, 15) is 4.79 Å². The van der Waals surface area contributed by atoms with E-state index in [4.69, 9.17) is 27.9 Å². The van der Waals surface area contributed by atoms with Crippen LogP contribution in [0.25, 0.3) is 0 Å². The summed E-state index contributed by atoms with van der Waals surface area (Å²) in [6.45, 7) is 0.235. The number of carbonyl (C=O) groups excluding carboxylic acids is 1. The number of halogens is 2. The van der Waals surface area contributed by atoms with E-state index < -0.39 is 0 Å². The molecule has 0 spiro atoms. The van der Waals surface area contributed by atoms with E-state index in [1.165, 1.54) is 0 Å². The van der Waals surface area contributed by atoms with Crippen molar-refractivity contribution < 1.29 is 9.53 Å². The second kappa shape index (κ2) is 7.31. The molecular weight excluding hydrogens is 311 g/mol. The van der Waals surface area contributed by atoms with Crippen molar-refractivity contribution >= 4 is 34.8 Å². The molecule has 0 radical (unpaired) electrons. The molecule has 0 aliphatic heterocycles. The molecule has 0 atom stereocenters. The van der Waals surface area contributed by atoms with Crippen molar-refractivity contribution in [3.8, 4) is 11.5 Å². The average Bonchev–Trinajstić information content (AvgIpc) is 2.42. The minimum absolute atomic E-state index is 0.142. The molecule has 2 rings (SSSR count). The first-order valence-corrected chi connectivity index (χ1v) is 7.01. The molecule has 0 aliphatic carbocycles. The molecule has 21 heavy (non-hydrogen) atoms. The minimum atomic E-state index is -0.142. The van der Waals surface area contributed by atoms with Crippen LogP contribution in [0, 0.1) is 0 Å². The van der Waals surface area contributed by atoms with E-state index in [0.29, 0.717) is 27.2 Å². The van der Waals surface area contributed by atoms with Gasteiger partial charge in [-0.25, -0.2) is 0 Å². The SMILES string of the molecule is CNCC(=O)Nc1ccc(Oc2cccc(Cl)c2)c(Cl)c1. The zero-order valence-electron chi connectivity index (χ0n) is 11.3. The van der Waals surface area contributed by atoms with Gasteiger partial charge in [0.15, 0.2) is 0 Å². The summed E-state index contributed by atoms with van der Waals surface area (Å²) in [6, 6.07) is 12.1. The Morgan fingerprint density at radius 2 is 2.00 bits per heavy atom. The van der Waals surface area contributed by atoms with Crippen LogP contribution in [0.1, 0.15) is 0 Å². The van der Waals surface area contributed by atoms with Crippen LogP contribution >= 0.6 is 23.2 Å². The fourth-order valence-electron chi connectivity index (χ4n) is 1.68. The third-order valence-corrected chi connectivity index (χ3v) is 3.11. The van der Waals surface area contributed by atoms with Gasteiger partial charge in [-0.3, -0.25) is 4.79 Å². The molecule has 2 aromatic rings. The number of amides is 1. The Bertz CT molecular complexity index is 647. The molecular formula is C15H14Cl2N2O2. The van der Waals surface area contributed by atoms with E-state index in [-0.39, 0.29) is 12.5 Å². The van der Waals surface area contributed by atoms with Crippen molar-refractivity contribution in [2.45, 2.75) is 0 Å². The summed E-state index contributed by atoms with van der Waals surface area (Å²) in [5.41, 5.74) is 0.610. The van der Waals surface area contributed by atoms with Gasteiger partial charge >= 0.3 is 0 Å². The Kier molecular flexibility index (Phi) is 5.44. The van der Waals surface area contributed by atoms with Crippen LogP contribution in [-0.2, 0) is 4.79 Å². The van der Waals surface area contributed by atoms with Crippen LogP contribution in [0.5, 0.6) is 11.5 Å². The van der Waals surface area contributed by atoms with Crippen LogP contribution in [0.3, 0.4) is 0 Å². The second-order valence-corrected chi connectivity index (χ2v) is 5.13. The van der Waals surface area contributed by atoms with E-state index in [0.717, 1.165) is 0 Å². The Balaban J connectivity index is 2.10. The smallest absolute Gasteiger partial charge is 0.238 e. The van der Waals surface area contributed by atoms with Crippen molar-refractivity contribution in [3.63, 3.8) is 0 Å². The van der Waals surface area contributed by atoms with Gasteiger partial charge in [-0.2, -0.15) is 0 Å². The highest BCUT2D eigenvalue weighted by molar-refractivity contribution is 6.32. The summed E-state index contributed by atoms with van der Waals surface area (Å²) < 4.78 is 5.66. The fraction of sp³-hybridized carbons (Fsp3) is 0.133. The molecule has 0 heterocycles. The van der Waals surface area contributed by atoms with Crippen LogP contribution in [0.4, 0.5) is 5.69 Å². The number of anilines is 1. The van der Waals surface area contributed by atoms with E-state index in [2.05, 4.69) is 10.6 Å². The first-order valence-electron chi connectivity index (χ1n) is 6.26. The largest absolute Gasteiger partial charge is 0.456 e. The molecule has 4 nitrogen and oxygen atoms in total. The van der Waals surface area contributed by atoms with Crippen molar-refractivity contribution in [1.29, 1.82) is 0 Å². The summed E-state index contributed by atoms with van der Waals surface area (Å²) in [6.07, 6.45) is 0. The van der Waals surface area contributed by atoms with E-state index in [1.807, 2.05) is 0 Å². The zero-order chi connectivity index (χ0) is 15.2. The van der Waals surface area contributed by atoms with Crippen molar-refractivity contribution in [2.24, 2.45) is 0 Å². The third-order valence-electron chi connectivity index (χ3n) is 2.58. The predicted molar refractivity (Wildman–Crippen MR) is 85.5 cm³/mol. The number of nitrogens with one attached hydrogen (secondary N) is 2. The van der Waals surface area contributed by atoms with Crippen LogP contribution in [0.2, 0.25) is 10.0 Å². The highest BCUT2D eigenvalue weighted by Crippen LogP contribution is 2.32. The topological polar surface area (TPSA) is 50.4 Å². The Hall–Kier alpha value is -1.75. The highest BCUT2D eigenvalue weighted by atomic mass is 35.5. The molecule has 2 N–H and O–H groups in total. The summed E-state index contributed by atoms with van der Waals surface area (Å²) in [4.78, 5) is 11.5. The number of benzene rings is 2. The Labute approximate surface area is 133 Å². The lowest BCUT2D eigenvalue weighted by atomic mass is 10.3. The Morgan fingerprint density at radius 1 is 1.19 bits per heavy atom. The van der Waals surface area contributed by atoms with Gasteiger partial charge in [-0.1, -0.05) is 29.3 Å². The van der Waals surface area contributed by atoms with Gasteiger partial charge in [0.05, 0.1) is 11.6 Å². The van der Waals surface area contributed by atoms with Gasteiger partial charge in [-0.05, 0) is 43.4 Å². The van der Waals surface area contributed by atoms with Gasteiger partial charge in [-0.15, -0.1) is 0 Å². The number of carbonyl (C=O) groups is 1. The van der Waals surface area contributed by atoms with Crippen LogP contribution in [0.15, 0.2) is 42.5 Å². The molecule has 2 aromatic carbocycles. The van der Waals surface area contributed by atoms with Gasteiger partial charge in [0.1, 0.15) is 11.5 Å². The van der Waals surface area contributed by atoms with Crippen LogP contribution in [-0.4, -0.2) is 19.5 Å². The summed E-state index contributed by atoms with van der Waals surface area (Å²) in [5.74, 6) is 0.944. The molecule has 6 heteroatoms. The normalized spacial score (nSPS) is 10.2. The number of likely N-dealkylation sites (N-methyl/N-ethyl adjacent to an activating group) is 1. The molecule has 0 saturated heterocycles. The summed E-state index contributed by atoms with van der Waals surface area (Å²) >= 11 is 12.1. The number of hydrogen-bond donors (Lipinski definition) is 2.